The number of aromatic nitrogens is 2. The topological polar surface area (TPSA) is 101 Å². The molecule has 0 unspecified atom stereocenters. The molecule has 0 saturated heterocycles. The molecule has 2 aromatic carbocycles. The molecule has 7 nitrogen and oxygen atoms in total. The second kappa shape index (κ2) is 11.9. The van der Waals surface area contributed by atoms with Gasteiger partial charge in [-0.05, 0) is 59.3 Å². The summed E-state index contributed by atoms with van der Waals surface area (Å²) in [6.45, 7) is 2.21. The van der Waals surface area contributed by atoms with Gasteiger partial charge in [0.15, 0.2) is 0 Å². The average molecular weight is 495 g/mol. The van der Waals surface area contributed by atoms with Crippen LogP contribution in [0.5, 0.6) is 11.5 Å². The van der Waals surface area contributed by atoms with E-state index >= 15 is 0 Å². The van der Waals surface area contributed by atoms with E-state index in [9.17, 15) is 9.90 Å². The molecule has 1 heterocycles. The van der Waals surface area contributed by atoms with Gasteiger partial charge in [-0.1, -0.05) is 58.5 Å². The number of H-pyrrole nitrogens is 1. The number of nitrogens with one attached hydrogen (secondary N) is 2. The van der Waals surface area contributed by atoms with Crippen LogP contribution in [0, 0.1) is 0 Å². The molecule has 11 heteroatoms. The van der Waals surface area contributed by atoms with Crippen molar-refractivity contribution < 1.29 is 19.7 Å². The highest BCUT2D eigenvalue weighted by atomic mass is 35.5. The van der Waals surface area contributed by atoms with E-state index in [-0.39, 0.29) is 23.2 Å². The van der Waals surface area contributed by atoms with E-state index in [1.807, 2.05) is 24.3 Å². The molecular weight excluding hydrogens is 476 g/mol. The first kappa shape index (κ1) is 23.4. The highest BCUT2D eigenvalue weighted by Gasteiger charge is 2.13. The van der Waals surface area contributed by atoms with E-state index in [1.165, 1.54) is 29.3 Å². The van der Waals surface area contributed by atoms with E-state index in [1.54, 1.807) is 36.9 Å². The SMILES string of the molecule is CCOc1cccc(/C=N/NC(=O)CSc2n[nH+]c(SCc3ccc(Cl)cc3)s2)c1[O-]. The standard InChI is InChI=1S/C20H19ClN4O3S3/c1-2-28-16-5-3-4-14(18(16)27)10-22-23-17(26)12-30-20-25-24-19(31-20)29-11-13-6-8-15(21)9-7-13/h3-10,27H,2,11-12H2,1H3,(H,23,26)/b22-10+. The summed E-state index contributed by atoms with van der Waals surface area (Å²) in [6.07, 6.45) is 1.32. The van der Waals surface area contributed by atoms with Crippen LogP contribution in [0.2, 0.25) is 5.02 Å². The fraction of sp³-hybridized carbons (Fsp3) is 0.200. The van der Waals surface area contributed by atoms with Gasteiger partial charge in [-0.25, -0.2) is 5.43 Å². The van der Waals surface area contributed by atoms with Crippen molar-refractivity contribution in [2.75, 3.05) is 12.4 Å². The number of thioether (sulfide) groups is 2. The molecule has 3 rings (SSSR count). The molecule has 0 saturated carbocycles. The quantitative estimate of drug-likeness (QED) is 0.262. The minimum Gasteiger partial charge on any atom is -0.870 e. The van der Waals surface area contributed by atoms with Gasteiger partial charge in [-0.2, -0.15) is 5.10 Å². The van der Waals surface area contributed by atoms with Gasteiger partial charge in [0.2, 0.25) is 4.34 Å². The predicted octanol–water partition coefficient (Wildman–Crippen LogP) is 3.62. The first-order valence-electron chi connectivity index (χ1n) is 9.18. The number of halogens is 1. The molecule has 0 radical (unpaired) electrons. The summed E-state index contributed by atoms with van der Waals surface area (Å²) in [5.74, 6) is 0.655. The third kappa shape index (κ3) is 7.42. The molecule has 0 atom stereocenters. The lowest BCUT2D eigenvalue weighted by atomic mass is 10.2. The van der Waals surface area contributed by atoms with Crippen molar-refractivity contribution in [2.24, 2.45) is 5.10 Å². The fourth-order valence-corrected chi connectivity index (χ4v) is 5.27. The second-order valence-corrected chi connectivity index (χ2v) is 9.89. The lowest BCUT2D eigenvalue weighted by Gasteiger charge is -2.15. The maximum Gasteiger partial charge on any atom is 0.323 e. The first-order chi connectivity index (χ1) is 15.0. The van der Waals surface area contributed by atoms with Gasteiger partial charge in [0.05, 0.1) is 18.6 Å². The molecule has 162 valence electrons. The number of hydrogen-bond acceptors (Lipinski definition) is 8. The van der Waals surface area contributed by atoms with Crippen molar-refractivity contribution in [3.8, 4) is 11.5 Å². The monoisotopic (exact) mass is 494 g/mol. The first-order valence-corrected chi connectivity index (χ1v) is 12.3. The Morgan fingerprint density at radius 1 is 1.32 bits per heavy atom. The maximum atomic E-state index is 12.2. The van der Waals surface area contributed by atoms with E-state index in [2.05, 4.69) is 20.7 Å². The van der Waals surface area contributed by atoms with E-state index in [0.717, 1.165) is 20.0 Å². The van der Waals surface area contributed by atoms with Gasteiger partial charge in [-0.15, -0.1) is 0 Å². The Kier molecular flexibility index (Phi) is 9.01. The van der Waals surface area contributed by atoms with Crippen LogP contribution in [0.1, 0.15) is 18.1 Å². The fourth-order valence-electron chi connectivity index (χ4n) is 2.31. The zero-order chi connectivity index (χ0) is 22.1. The summed E-state index contributed by atoms with van der Waals surface area (Å²) in [6, 6.07) is 12.6. The summed E-state index contributed by atoms with van der Waals surface area (Å²) >= 11 is 10.3. The number of carbonyl (C=O) groups excluding carboxylic acids is 1. The summed E-state index contributed by atoms with van der Waals surface area (Å²) in [5, 5.41) is 23.9. The molecule has 0 bridgehead atoms. The number of aromatic amines is 1. The van der Waals surface area contributed by atoms with Gasteiger partial charge in [0.1, 0.15) is 5.75 Å². The van der Waals surface area contributed by atoms with Crippen molar-refractivity contribution in [3.05, 3.63) is 58.6 Å². The Morgan fingerprint density at radius 3 is 2.90 bits per heavy atom. The Hall–Kier alpha value is -2.27. The Bertz CT molecular complexity index is 1040. The Labute approximate surface area is 197 Å². The van der Waals surface area contributed by atoms with Crippen molar-refractivity contribution in [1.82, 2.24) is 10.5 Å². The summed E-state index contributed by atoms with van der Waals surface area (Å²) in [5.41, 5.74) is 3.92. The van der Waals surface area contributed by atoms with E-state index in [0.29, 0.717) is 17.2 Å². The molecule has 1 amide bonds. The molecule has 0 spiro atoms. The number of nitrogens with zero attached hydrogens (tertiary/aromatic N) is 2. The van der Waals surface area contributed by atoms with E-state index < -0.39 is 0 Å². The van der Waals surface area contributed by atoms with Crippen LogP contribution in [0.4, 0.5) is 0 Å². The number of benzene rings is 2. The van der Waals surface area contributed by atoms with Gasteiger partial charge in [-0.3, -0.25) is 4.79 Å². The predicted molar refractivity (Wildman–Crippen MR) is 123 cm³/mol. The molecule has 0 fully saturated rings. The molecule has 1 aromatic heterocycles. The largest absolute Gasteiger partial charge is 0.870 e. The molecule has 0 aliphatic heterocycles. The summed E-state index contributed by atoms with van der Waals surface area (Å²) in [7, 11) is 0. The van der Waals surface area contributed by atoms with Crippen LogP contribution in [0.15, 0.2) is 56.2 Å². The number of carbonyl (C=O) groups is 1. The number of hydrazone groups is 1. The van der Waals surface area contributed by atoms with Gasteiger partial charge in [0, 0.05) is 15.9 Å². The van der Waals surface area contributed by atoms with Gasteiger partial charge < -0.3 is 9.84 Å². The molecule has 31 heavy (non-hydrogen) atoms. The maximum absolute atomic E-state index is 12.2. The molecule has 2 N–H and O–H groups in total. The zero-order valence-corrected chi connectivity index (χ0v) is 19.7. The van der Waals surface area contributed by atoms with Crippen molar-refractivity contribution in [1.29, 1.82) is 0 Å². The molecule has 0 aliphatic carbocycles. The van der Waals surface area contributed by atoms with Crippen molar-refractivity contribution in [3.63, 3.8) is 0 Å². The van der Waals surface area contributed by atoms with Crippen LogP contribution in [0.25, 0.3) is 0 Å². The number of hydrogen-bond donors (Lipinski definition) is 1. The van der Waals surface area contributed by atoms with E-state index in [4.69, 9.17) is 16.3 Å². The van der Waals surface area contributed by atoms with Crippen LogP contribution in [0.3, 0.4) is 0 Å². The summed E-state index contributed by atoms with van der Waals surface area (Å²) < 4.78 is 6.97. The second-order valence-electron chi connectivity index (χ2n) is 5.98. The third-order valence-electron chi connectivity index (χ3n) is 3.73. The zero-order valence-electron chi connectivity index (χ0n) is 16.5. The van der Waals surface area contributed by atoms with Crippen molar-refractivity contribution in [2.45, 2.75) is 21.4 Å². The summed E-state index contributed by atoms with van der Waals surface area (Å²) in [4.78, 5) is 12.0. The smallest absolute Gasteiger partial charge is 0.323 e. The van der Waals surface area contributed by atoms with Crippen molar-refractivity contribution >= 4 is 58.6 Å². The van der Waals surface area contributed by atoms with Crippen LogP contribution >= 0.6 is 46.5 Å². The van der Waals surface area contributed by atoms with Gasteiger partial charge >= 0.3 is 4.34 Å². The van der Waals surface area contributed by atoms with Gasteiger partial charge in [0.25, 0.3) is 5.91 Å². The average Bonchev–Trinajstić information content (AvgIpc) is 3.22. The Balaban J connectivity index is 1.43. The lowest BCUT2D eigenvalue weighted by molar-refractivity contribution is -0.492. The normalized spacial score (nSPS) is 11.0. The lowest BCUT2D eigenvalue weighted by Crippen LogP contribution is -2.19. The number of amides is 1. The molecule has 0 aliphatic rings. The number of rotatable bonds is 10. The minimum absolute atomic E-state index is 0.156. The molecular formula is C20H19ClN4O3S3. The number of ether oxygens (including phenoxy) is 1. The third-order valence-corrected chi connectivity index (χ3v) is 7.31. The Morgan fingerprint density at radius 2 is 2.13 bits per heavy atom. The minimum atomic E-state index is -0.291. The number of para-hydroxylation sites is 1. The van der Waals surface area contributed by atoms with Crippen LogP contribution in [-0.2, 0) is 10.5 Å². The highest BCUT2D eigenvalue weighted by molar-refractivity contribution is 8.03. The highest BCUT2D eigenvalue weighted by Crippen LogP contribution is 2.29. The van der Waals surface area contributed by atoms with Crippen LogP contribution < -0.4 is 20.4 Å². The molecule has 3 aromatic rings. The van der Waals surface area contributed by atoms with Crippen LogP contribution in [-0.4, -0.2) is 29.6 Å².